The Bertz CT molecular complexity index is 832. The van der Waals surface area contributed by atoms with E-state index in [0.29, 0.717) is 24.5 Å². The average molecular weight is 601 g/mol. The van der Waals surface area contributed by atoms with Crippen molar-refractivity contribution in [3.63, 3.8) is 0 Å². The van der Waals surface area contributed by atoms with Gasteiger partial charge in [0.15, 0.2) is 19.6 Å². The smallest absolute Gasteiger partial charge is 0.160 e. The molecule has 0 heterocycles. The van der Waals surface area contributed by atoms with Crippen LogP contribution in [0.1, 0.15) is 139 Å². The van der Waals surface area contributed by atoms with Crippen LogP contribution in [0.15, 0.2) is 9.98 Å². The van der Waals surface area contributed by atoms with Crippen LogP contribution in [0.2, 0.25) is 0 Å². The third kappa shape index (κ3) is 17.5. The summed E-state index contributed by atoms with van der Waals surface area (Å²) in [6.07, 6.45) is 12.8. The van der Waals surface area contributed by atoms with Crippen LogP contribution in [0.4, 0.5) is 0 Å². The maximum Gasteiger partial charge on any atom is 0.160 e. The van der Waals surface area contributed by atoms with Gasteiger partial charge in [0.1, 0.15) is 11.7 Å². The van der Waals surface area contributed by atoms with Crippen LogP contribution in [0.25, 0.3) is 0 Å². The molecular formula is C27H60N4O6S2. The Kier molecular flexibility index (Phi) is 16.1. The molecule has 0 spiro atoms. The van der Waals surface area contributed by atoms with Crippen LogP contribution in [-0.2, 0) is 19.6 Å². The third-order valence-electron chi connectivity index (χ3n) is 6.47. The molecule has 0 aromatic rings. The lowest BCUT2D eigenvalue weighted by Gasteiger charge is -2.36. The van der Waals surface area contributed by atoms with E-state index >= 15 is 0 Å². The molecule has 10 nitrogen and oxygen atoms in total. The van der Waals surface area contributed by atoms with Gasteiger partial charge in [-0.3, -0.25) is 37.6 Å². The summed E-state index contributed by atoms with van der Waals surface area (Å²) >= 11 is 0. The van der Waals surface area contributed by atoms with Crippen molar-refractivity contribution in [2.75, 3.05) is 0 Å². The van der Waals surface area contributed by atoms with Crippen molar-refractivity contribution in [1.82, 2.24) is 9.44 Å². The fourth-order valence-corrected chi connectivity index (χ4v) is 5.43. The molecule has 0 atom stereocenters. The maximum absolute atomic E-state index is 12.4. The summed E-state index contributed by atoms with van der Waals surface area (Å²) in [5.41, 5.74) is 0. The number of rotatable bonds is 20. The second-order valence-corrected chi connectivity index (χ2v) is 17.9. The van der Waals surface area contributed by atoms with Gasteiger partial charge in [-0.2, -0.15) is 0 Å². The summed E-state index contributed by atoms with van der Waals surface area (Å²) in [5, 5.41) is -1.67. The molecule has 0 amide bonds. The summed E-state index contributed by atoms with van der Waals surface area (Å²) in [6.45, 7) is 13.6. The zero-order valence-electron chi connectivity index (χ0n) is 25.8. The molecule has 0 fully saturated rings. The SMILES string of the molecule is CC(C)N=C(CCCCCCCCCCCCCC(=NC(C)C)NS(=O)(O)(O)C(C)C)NS(=O)(O)(O)C(C)C. The second-order valence-electron chi connectivity index (χ2n) is 11.9. The summed E-state index contributed by atoms with van der Waals surface area (Å²) in [4.78, 5) is 8.79. The van der Waals surface area contributed by atoms with Gasteiger partial charge in [0.25, 0.3) is 0 Å². The van der Waals surface area contributed by atoms with Crippen molar-refractivity contribution in [3.05, 3.63) is 0 Å². The highest BCUT2D eigenvalue weighted by atomic mass is 32.3. The van der Waals surface area contributed by atoms with Gasteiger partial charge in [0.2, 0.25) is 0 Å². The van der Waals surface area contributed by atoms with Crippen LogP contribution in [-0.4, -0.2) is 60.9 Å². The number of nitrogens with one attached hydrogen (secondary N) is 2. The van der Waals surface area contributed by atoms with Gasteiger partial charge < -0.3 is 0 Å². The predicted molar refractivity (Wildman–Crippen MR) is 169 cm³/mol. The van der Waals surface area contributed by atoms with Crippen molar-refractivity contribution in [2.24, 2.45) is 9.98 Å². The standard InChI is InChI=1S/C27H60N4O6S2/c1-22(2)28-26(30-38(32,33,34)24(5)6)20-18-16-14-12-10-9-11-13-15-17-19-21-27(29-23(3)4)31-39(35,36,37)25(7)8/h22-25H,9-21H2,1-8H3,(H3,28,30,32,33,34)(H3,29,31,35,36,37). The minimum absolute atomic E-state index is 0.0358. The molecule has 0 saturated carbocycles. The highest BCUT2D eigenvalue weighted by molar-refractivity contribution is 8.09. The van der Waals surface area contributed by atoms with Crippen LogP contribution >= 0.6 is 0 Å². The van der Waals surface area contributed by atoms with Crippen LogP contribution in [0.3, 0.4) is 0 Å². The first-order valence-electron chi connectivity index (χ1n) is 14.7. The number of hydrogen-bond donors (Lipinski definition) is 6. The Morgan fingerprint density at radius 2 is 0.744 bits per heavy atom. The number of aliphatic imine (C=N–C) groups is 2. The van der Waals surface area contributed by atoms with Gasteiger partial charge in [-0.15, -0.1) is 0 Å². The molecule has 236 valence electrons. The van der Waals surface area contributed by atoms with Crippen molar-refractivity contribution >= 4 is 31.3 Å². The van der Waals surface area contributed by atoms with Crippen molar-refractivity contribution in [3.8, 4) is 0 Å². The first-order valence-corrected chi connectivity index (χ1v) is 18.6. The highest BCUT2D eigenvalue weighted by Crippen LogP contribution is 2.21. The third-order valence-corrected chi connectivity index (χ3v) is 11.1. The minimum Gasteiger partial charge on any atom is -0.293 e. The maximum atomic E-state index is 12.4. The van der Waals surface area contributed by atoms with Crippen molar-refractivity contribution in [2.45, 2.75) is 161 Å². The summed E-state index contributed by atoms with van der Waals surface area (Å²) in [5.74, 6) is 0.778. The first kappa shape index (κ1) is 38.1. The van der Waals surface area contributed by atoms with E-state index in [-0.39, 0.29) is 12.1 Å². The first-order chi connectivity index (χ1) is 17.7. The normalized spacial score (nSPS) is 16.0. The van der Waals surface area contributed by atoms with E-state index < -0.39 is 30.1 Å². The lowest BCUT2D eigenvalue weighted by Crippen LogP contribution is -2.55. The lowest BCUT2D eigenvalue weighted by molar-refractivity contribution is 0.370. The molecule has 12 heteroatoms. The number of nitrogens with zero attached hydrogens (tertiary/aromatic N) is 2. The van der Waals surface area contributed by atoms with Gasteiger partial charge in [-0.1, -0.05) is 57.8 Å². The molecule has 0 bridgehead atoms. The number of amidine groups is 2. The van der Waals surface area contributed by atoms with E-state index in [1.807, 2.05) is 27.7 Å². The van der Waals surface area contributed by atoms with Crippen LogP contribution < -0.4 is 9.44 Å². The fourth-order valence-electron chi connectivity index (χ4n) is 3.76. The number of hydrogen-bond acceptors (Lipinski definition) is 4. The molecule has 0 aromatic heterocycles. The van der Waals surface area contributed by atoms with Gasteiger partial charge >= 0.3 is 0 Å². The molecule has 0 unspecified atom stereocenters. The Labute approximate surface area is 238 Å². The highest BCUT2D eigenvalue weighted by Gasteiger charge is 2.36. The topological polar surface area (TPSA) is 164 Å². The second kappa shape index (κ2) is 16.5. The molecule has 6 N–H and O–H groups in total. The quantitative estimate of drug-likeness (QED) is 0.0499. The summed E-state index contributed by atoms with van der Waals surface area (Å²) in [7, 11) is -9.85. The van der Waals surface area contributed by atoms with Gasteiger partial charge in [-0.05, 0) is 68.2 Å². The number of unbranched alkanes of at least 4 members (excludes halogenated alkanes) is 10. The molecule has 0 aliphatic carbocycles. The molecular weight excluding hydrogens is 540 g/mol. The van der Waals surface area contributed by atoms with E-state index in [1.54, 1.807) is 0 Å². The Hall–Kier alpha value is -0.920. The van der Waals surface area contributed by atoms with E-state index in [4.69, 9.17) is 0 Å². The molecule has 39 heavy (non-hydrogen) atoms. The average Bonchev–Trinajstić information content (AvgIpc) is 2.74. The monoisotopic (exact) mass is 600 g/mol. The van der Waals surface area contributed by atoms with Crippen molar-refractivity contribution < 1.29 is 26.6 Å². The summed E-state index contributed by atoms with van der Waals surface area (Å²) in [6, 6.07) is -0.0716. The molecule has 0 rings (SSSR count). The Morgan fingerprint density at radius 3 is 0.949 bits per heavy atom. The zero-order valence-corrected chi connectivity index (χ0v) is 27.5. The molecule has 0 saturated heterocycles. The van der Waals surface area contributed by atoms with Gasteiger partial charge in [-0.25, -0.2) is 8.42 Å². The van der Waals surface area contributed by atoms with Crippen LogP contribution in [0, 0.1) is 0 Å². The predicted octanol–water partition coefficient (Wildman–Crippen LogP) is 7.03. The minimum atomic E-state index is -4.92. The molecule has 0 aromatic carbocycles. The summed E-state index contributed by atoms with van der Waals surface area (Å²) < 4.78 is 70.3. The largest absolute Gasteiger partial charge is 0.293 e. The van der Waals surface area contributed by atoms with Gasteiger partial charge in [0.05, 0.1) is 10.5 Å². The lowest BCUT2D eigenvalue weighted by atomic mass is 10.0. The van der Waals surface area contributed by atoms with Crippen molar-refractivity contribution in [1.29, 1.82) is 0 Å². The Balaban J connectivity index is 4.14. The zero-order chi connectivity index (χ0) is 30.4. The van der Waals surface area contributed by atoms with E-state index in [9.17, 15) is 26.6 Å². The van der Waals surface area contributed by atoms with E-state index in [1.165, 1.54) is 47.0 Å². The molecule has 0 radical (unpaired) electrons. The molecule has 0 aliphatic heterocycles. The molecule has 0 aliphatic rings. The van der Waals surface area contributed by atoms with E-state index in [0.717, 1.165) is 51.4 Å². The van der Waals surface area contributed by atoms with Gasteiger partial charge in [0, 0.05) is 24.9 Å². The van der Waals surface area contributed by atoms with Crippen LogP contribution in [0.5, 0.6) is 0 Å². The fraction of sp³-hybridized carbons (Fsp3) is 0.926. The van der Waals surface area contributed by atoms with E-state index in [2.05, 4.69) is 19.4 Å². The Morgan fingerprint density at radius 1 is 0.513 bits per heavy atom.